The van der Waals surface area contributed by atoms with Crippen LogP contribution in [0.1, 0.15) is 65.2 Å². The van der Waals surface area contributed by atoms with Crippen LogP contribution in [0.25, 0.3) is 0 Å². The van der Waals surface area contributed by atoms with Gasteiger partial charge in [-0.2, -0.15) is 0 Å². The fourth-order valence-corrected chi connectivity index (χ4v) is 7.45. The van der Waals surface area contributed by atoms with Gasteiger partial charge < -0.3 is 14.2 Å². The number of rotatable bonds is 1. The van der Waals surface area contributed by atoms with Crippen molar-refractivity contribution in [1.82, 2.24) is 0 Å². The van der Waals surface area contributed by atoms with E-state index >= 15 is 0 Å². The Morgan fingerprint density at radius 2 is 1.92 bits per heavy atom. The molecule has 0 bridgehead atoms. The molecular formula is C22H32O4. The van der Waals surface area contributed by atoms with Crippen molar-refractivity contribution >= 4 is 5.97 Å². The van der Waals surface area contributed by atoms with Crippen LogP contribution in [0, 0.1) is 29.1 Å². The van der Waals surface area contributed by atoms with Crippen LogP contribution in [-0.4, -0.2) is 31.1 Å². The fourth-order valence-electron chi connectivity index (χ4n) is 7.45. The highest BCUT2D eigenvalue weighted by Gasteiger charge is 2.65. The number of hydrogen-bond donors (Lipinski definition) is 0. The molecule has 0 aromatic carbocycles. The Hall–Kier alpha value is -0.870. The molecule has 3 saturated carbocycles. The maximum atomic E-state index is 11.3. The zero-order valence-corrected chi connectivity index (χ0v) is 16.2. The smallest absolute Gasteiger partial charge is 0.302 e. The van der Waals surface area contributed by atoms with Crippen LogP contribution >= 0.6 is 0 Å². The van der Waals surface area contributed by atoms with Crippen molar-refractivity contribution in [1.29, 1.82) is 0 Å². The van der Waals surface area contributed by atoms with Crippen molar-refractivity contribution in [3.63, 3.8) is 0 Å². The lowest BCUT2D eigenvalue weighted by Gasteiger charge is -2.55. The Morgan fingerprint density at radius 3 is 2.69 bits per heavy atom. The first-order chi connectivity index (χ1) is 12.5. The molecule has 6 atom stereocenters. The summed E-state index contributed by atoms with van der Waals surface area (Å²) in [6.45, 7) is 5.51. The fraction of sp³-hybridized carbons (Fsp3) is 0.864. The summed E-state index contributed by atoms with van der Waals surface area (Å²) >= 11 is 0. The van der Waals surface area contributed by atoms with Crippen LogP contribution in [0.4, 0.5) is 0 Å². The average Bonchev–Trinajstić information content (AvgIpc) is 3.21. The Morgan fingerprint density at radius 1 is 1.12 bits per heavy atom. The minimum atomic E-state index is -0.292. The second-order valence-electron chi connectivity index (χ2n) is 9.51. The van der Waals surface area contributed by atoms with Gasteiger partial charge in [-0.3, -0.25) is 4.79 Å². The quantitative estimate of drug-likeness (QED) is 0.518. The molecule has 4 aliphatic carbocycles. The van der Waals surface area contributed by atoms with E-state index in [1.165, 1.54) is 39.0 Å². The minimum absolute atomic E-state index is 0.107. The van der Waals surface area contributed by atoms with Crippen molar-refractivity contribution in [2.24, 2.45) is 29.1 Å². The topological polar surface area (TPSA) is 44.8 Å². The Bertz CT molecular complexity index is 620. The van der Waals surface area contributed by atoms with E-state index in [1.807, 2.05) is 0 Å². The average molecular weight is 360 g/mol. The highest BCUT2D eigenvalue weighted by molar-refractivity contribution is 5.66. The predicted octanol–water partition coefficient (Wildman–Crippen LogP) is 4.23. The molecule has 26 heavy (non-hydrogen) atoms. The van der Waals surface area contributed by atoms with Crippen molar-refractivity contribution < 1.29 is 19.0 Å². The molecule has 1 unspecified atom stereocenters. The van der Waals surface area contributed by atoms with Gasteiger partial charge in [-0.1, -0.05) is 18.6 Å². The number of fused-ring (bicyclic) bond motifs is 6. The molecule has 4 heteroatoms. The Labute approximate surface area is 156 Å². The summed E-state index contributed by atoms with van der Waals surface area (Å²) in [5.41, 5.74) is 1.76. The van der Waals surface area contributed by atoms with E-state index in [2.05, 4.69) is 13.0 Å². The standard InChI is InChI=1S/C22H32O4/c1-14(23)26-16-4-6-17-15(13-16)3-5-19-18(17)7-9-21(2)20(19)8-10-22(21)24-11-12-25-22/h3,16-20H,4-13H2,1-2H3/t16-,17?,18+,19+,20-,21-/m0/s1. The second kappa shape index (κ2) is 6.07. The number of hydrogen-bond acceptors (Lipinski definition) is 4. The molecule has 144 valence electrons. The molecular weight excluding hydrogens is 328 g/mol. The zero-order chi connectivity index (χ0) is 17.9. The molecule has 1 aliphatic heterocycles. The lowest BCUT2D eigenvalue weighted by atomic mass is 9.52. The maximum Gasteiger partial charge on any atom is 0.302 e. The summed E-state index contributed by atoms with van der Waals surface area (Å²) < 4.78 is 18.0. The highest BCUT2D eigenvalue weighted by Crippen LogP contribution is 2.66. The molecule has 5 aliphatic rings. The Balaban J connectivity index is 1.37. The lowest BCUT2D eigenvalue weighted by molar-refractivity contribution is -0.240. The van der Waals surface area contributed by atoms with E-state index in [0.29, 0.717) is 5.92 Å². The van der Waals surface area contributed by atoms with E-state index in [1.54, 1.807) is 5.57 Å². The van der Waals surface area contributed by atoms with Gasteiger partial charge >= 0.3 is 5.97 Å². The minimum Gasteiger partial charge on any atom is -0.462 e. The van der Waals surface area contributed by atoms with Gasteiger partial charge in [0.05, 0.1) is 13.2 Å². The maximum absolute atomic E-state index is 11.3. The lowest BCUT2D eigenvalue weighted by Crippen LogP contribution is -2.53. The van der Waals surface area contributed by atoms with Gasteiger partial charge in [0.15, 0.2) is 5.79 Å². The first-order valence-electron chi connectivity index (χ1n) is 10.7. The number of carbonyl (C=O) groups is 1. The van der Waals surface area contributed by atoms with Gasteiger partial charge in [0.25, 0.3) is 0 Å². The second-order valence-corrected chi connectivity index (χ2v) is 9.51. The van der Waals surface area contributed by atoms with Crippen molar-refractivity contribution in [3.05, 3.63) is 11.6 Å². The van der Waals surface area contributed by atoms with Crippen molar-refractivity contribution in [2.75, 3.05) is 13.2 Å². The van der Waals surface area contributed by atoms with Crippen LogP contribution in [0.2, 0.25) is 0 Å². The van der Waals surface area contributed by atoms with Gasteiger partial charge in [0.2, 0.25) is 0 Å². The third-order valence-corrected chi connectivity index (χ3v) is 8.53. The van der Waals surface area contributed by atoms with Gasteiger partial charge in [0, 0.05) is 25.2 Å². The van der Waals surface area contributed by atoms with Crippen LogP contribution < -0.4 is 0 Å². The van der Waals surface area contributed by atoms with Gasteiger partial charge in [-0.05, 0) is 62.2 Å². The first-order valence-corrected chi connectivity index (χ1v) is 10.7. The summed E-state index contributed by atoms with van der Waals surface area (Å²) in [5.74, 6) is 2.60. The van der Waals surface area contributed by atoms with Gasteiger partial charge in [0.1, 0.15) is 6.10 Å². The summed E-state index contributed by atoms with van der Waals surface area (Å²) in [6, 6.07) is 0. The molecule has 4 nitrogen and oxygen atoms in total. The van der Waals surface area contributed by atoms with Gasteiger partial charge in [-0.25, -0.2) is 0 Å². The molecule has 0 radical (unpaired) electrons. The summed E-state index contributed by atoms with van der Waals surface area (Å²) in [7, 11) is 0. The van der Waals surface area contributed by atoms with E-state index in [-0.39, 0.29) is 23.3 Å². The summed E-state index contributed by atoms with van der Waals surface area (Å²) in [5, 5.41) is 0. The first kappa shape index (κ1) is 17.2. The molecule has 0 N–H and O–H groups in total. The summed E-state index contributed by atoms with van der Waals surface area (Å²) in [4.78, 5) is 11.3. The number of ether oxygens (including phenoxy) is 3. The Kier molecular flexibility index (Phi) is 4.02. The van der Waals surface area contributed by atoms with Crippen molar-refractivity contribution in [2.45, 2.75) is 77.1 Å². The molecule has 5 rings (SSSR count). The molecule has 4 fully saturated rings. The third kappa shape index (κ3) is 2.37. The SMILES string of the molecule is CC(=O)O[C@H]1CCC2C(=CC[C@@H]3[C@@H]2CC[C@@]2(C)[C@H]3CCC23OCCO3)C1. The van der Waals surface area contributed by atoms with Crippen LogP contribution in [0.15, 0.2) is 11.6 Å². The van der Waals surface area contributed by atoms with Crippen molar-refractivity contribution in [3.8, 4) is 0 Å². The largest absolute Gasteiger partial charge is 0.462 e. The molecule has 0 amide bonds. The molecule has 1 heterocycles. The van der Waals surface area contributed by atoms with E-state index in [4.69, 9.17) is 14.2 Å². The molecule has 0 aromatic heterocycles. The summed E-state index contributed by atoms with van der Waals surface area (Å²) in [6.07, 6.45) is 11.9. The number of allylic oxidation sites excluding steroid dienone is 1. The number of carbonyl (C=O) groups excluding carboxylic acids is 1. The normalized spacial score (nSPS) is 46.2. The van der Waals surface area contributed by atoms with Crippen LogP contribution in [-0.2, 0) is 19.0 Å². The van der Waals surface area contributed by atoms with E-state index < -0.39 is 0 Å². The van der Waals surface area contributed by atoms with Crippen LogP contribution in [0.3, 0.4) is 0 Å². The highest BCUT2D eigenvalue weighted by atomic mass is 16.7. The van der Waals surface area contributed by atoms with Crippen LogP contribution in [0.5, 0.6) is 0 Å². The molecule has 1 spiro atoms. The van der Waals surface area contributed by atoms with Gasteiger partial charge in [-0.15, -0.1) is 0 Å². The van der Waals surface area contributed by atoms with E-state index in [0.717, 1.165) is 50.2 Å². The number of esters is 1. The molecule has 1 saturated heterocycles. The monoisotopic (exact) mass is 360 g/mol. The molecule has 0 aromatic rings. The predicted molar refractivity (Wildman–Crippen MR) is 97.3 cm³/mol. The third-order valence-electron chi connectivity index (χ3n) is 8.53. The zero-order valence-electron chi connectivity index (χ0n) is 16.2. The van der Waals surface area contributed by atoms with E-state index in [9.17, 15) is 4.79 Å².